The van der Waals surface area contributed by atoms with Crippen molar-refractivity contribution in [3.05, 3.63) is 76.7 Å². The molecular weight excluding hydrogens is 394 g/mol. The Morgan fingerprint density at radius 3 is 2.64 bits per heavy atom. The number of ether oxygens (including phenoxy) is 1. The molecule has 1 fully saturated rings. The van der Waals surface area contributed by atoms with Crippen LogP contribution in [0.5, 0.6) is 5.75 Å². The van der Waals surface area contributed by atoms with Crippen molar-refractivity contribution in [2.24, 2.45) is 0 Å². The molecule has 7 heteroatoms. The van der Waals surface area contributed by atoms with E-state index in [-0.39, 0.29) is 11.5 Å². The number of amides is 1. The summed E-state index contributed by atoms with van der Waals surface area (Å²) in [7, 11) is 0. The highest BCUT2D eigenvalue weighted by molar-refractivity contribution is 8.27. The number of carbonyl (C=O) groups is 2. The van der Waals surface area contributed by atoms with Crippen LogP contribution >= 0.6 is 24.0 Å². The number of rotatable bonds is 6. The molecule has 142 valence electrons. The van der Waals surface area contributed by atoms with E-state index in [1.165, 1.54) is 22.7 Å². The number of aromatic carboxylic acids is 1. The molecule has 1 N–H and O–H groups in total. The molecule has 0 radical (unpaired) electrons. The van der Waals surface area contributed by atoms with Gasteiger partial charge in [0, 0.05) is 0 Å². The molecule has 1 aliphatic rings. The van der Waals surface area contributed by atoms with Crippen LogP contribution < -0.4 is 9.64 Å². The highest BCUT2D eigenvalue weighted by atomic mass is 32.2. The Balaban J connectivity index is 1.85. The molecule has 0 aliphatic carbocycles. The van der Waals surface area contributed by atoms with Crippen molar-refractivity contribution in [3.63, 3.8) is 0 Å². The molecule has 1 heterocycles. The molecule has 3 rings (SSSR count). The molecule has 28 heavy (non-hydrogen) atoms. The summed E-state index contributed by atoms with van der Waals surface area (Å²) in [6.45, 7) is 5.74. The lowest BCUT2D eigenvalue weighted by molar-refractivity contribution is -0.113. The molecule has 0 saturated carbocycles. The van der Waals surface area contributed by atoms with Crippen LogP contribution in [0.3, 0.4) is 0 Å². The number of carboxylic acid groups (broad SMARTS) is 1. The van der Waals surface area contributed by atoms with Gasteiger partial charge in [0.25, 0.3) is 5.91 Å². The van der Waals surface area contributed by atoms with Crippen molar-refractivity contribution in [2.45, 2.75) is 6.92 Å². The predicted molar refractivity (Wildman–Crippen MR) is 116 cm³/mol. The van der Waals surface area contributed by atoms with Crippen LogP contribution in [0.15, 0.2) is 60.0 Å². The van der Waals surface area contributed by atoms with Crippen LogP contribution in [0.1, 0.15) is 21.5 Å². The standard InChI is InChI=1S/C21H17NO4S2/c1-3-10-26-16-8-5-14(6-9-16)11-18-19(23)22(21(27)28-18)15-7-4-13(2)17(12-15)20(24)25/h3-9,11-12H,1,10H2,2H3,(H,24,25)/b18-11-. The molecule has 1 amide bonds. The summed E-state index contributed by atoms with van der Waals surface area (Å²) in [6, 6.07) is 12.2. The van der Waals surface area contributed by atoms with Crippen LogP contribution in [0.25, 0.3) is 6.08 Å². The van der Waals surface area contributed by atoms with Gasteiger partial charge in [-0.05, 0) is 48.4 Å². The highest BCUT2D eigenvalue weighted by Gasteiger charge is 2.33. The Bertz CT molecular complexity index is 996. The monoisotopic (exact) mass is 411 g/mol. The Hall–Kier alpha value is -2.90. The first-order chi connectivity index (χ1) is 13.4. The van der Waals surface area contributed by atoms with Gasteiger partial charge in [0.2, 0.25) is 0 Å². The van der Waals surface area contributed by atoms with Crippen molar-refractivity contribution in [3.8, 4) is 5.75 Å². The second-order valence-electron chi connectivity index (χ2n) is 5.99. The summed E-state index contributed by atoms with van der Waals surface area (Å²) < 4.78 is 5.81. The summed E-state index contributed by atoms with van der Waals surface area (Å²) >= 11 is 6.54. The number of hydrogen-bond donors (Lipinski definition) is 1. The smallest absolute Gasteiger partial charge is 0.336 e. The Kier molecular flexibility index (Phi) is 5.96. The van der Waals surface area contributed by atoms with Gasteiger partial charge >= 0.3 is 5.97 Å². The van der Waals surface area contributed by atoms with Gasteiger partial charge in [-0.2, -0.15) is 0 Å². The van der Waals surface area contributed by atoms with Crippen molar-refractivity contribution in [1.29, 1.82) is 0 Å². The Morgan fingerprint density at radius 2 is 2.00 bits per heavy atom. The SMILES string of the molecule is C=CCOc1ccc(/C=C2\SC(=S)N(c3ccc(C)c(C(=O)O)c3)C2=O)cc1. The fraction of sp³-hybridized carbons (Fsp3) is 0.0952. The summed E-state index contributed by atoms with van der Waals surface area (Å²) in [5.41, 5.74) is 2.05. The zero-order valence-electron chi connectivity index (χ0n) is 15.0. The van der Waals surface area contributed by atoms with Gasteiger partial charge in [0.15, 0.2) is 4.32 Å². The van der Waals surface area contributed by atoms with E-state index in [2.05, 4.69) is 6.58 Å². The van der Waals surface area contributed by atoms with Crippen molar-refractivity contribution >= 4 is 51.9 Å². The van der Waals surface area contributed by atoms with E-state index < -0.39 is 5.97 Å². The molecular formula is C21H17NO4S2. The lowest BCUT2D eigenvalue weighted by Gasteiger charge is -2.15. The molecule has 0 bridgehead atoms. The second kappa shape index (κ2) is 8.41. The van der Waals surface area contributed by atoms with Gasteiger partial charge in [-0.15, -0.1) is 0 Å². The molecule has 2 aromatic rings. The number of thioether (sulfide) groups is 1. The summed E-state index contributed by atoms with van der Waals surface area (Å²) in [4.78, 5) is 26.1. The molecule has 5 nitrogen and oxygen atoms in total. The van der Waals surface area contributed by atoms with E-state index in [0.717, 1.165) is 5.56 Å². The third-order valence-electron chi connectivity index (χ3n) is 4.05. The average molecular weight is 412 g/mol. The van der Waals surface area contributed by atoms with Gasteiger partial charge < -0.3 is 9.84 Å². The molecule has 0 atom stereocenters. The number of aryl methyl sites for hydroxylation is 1. The number of thiocarbonyl (C=S) groups is 1. The van der Waals surface area contributed by atoms with E-state index in [0.29, 0.717) is 32.8 Å². The van der Waals surface area contributed by atoms with Crippen molar-refractivity contribution in [1.82, 2.24) is 0 Å². The number of hydrogen-bond acceptors (Lipinski definition) is 5. The molecule has 1 saturated heterocycles. The Labute approximate surface area is 172 Å². The quantitative estimate of drug-likeness (QED) is 0.424. The number of carboxylic acids is 1. The van der Waals surface area contributed by atoms with Crippen LogP contribution in [-0.4, -0.2) is 27.9 Å². The molecule has 0 spiro atoms. The normalized spacial score (nSPS) is 15.2. The zero-order chi connectivity index (χ0) is 20.3. The fourth-order valence-electron chi connectivity index (χ4n) is 2.64. The average Bonchev–Trinajstić information content (AvgIpc) is 2.95. The van der Waals surface area contributed by atoms with Gasteiger partial charge in [0.1, 0.15) is 12.4 Å². The van der Waals surface area contributed by atoms with Crippen molar-refractivity contribution < 1.29 is 19.4 Å². The third kappa shape index (κ3) is 4.16. The molecule has 0 unspecified atom stereocenters. The zero-order valence-corrected chi connectivity index (χ0v) is 16.7. The van der Waals surface area contributed by atoms with E-state index in [1.807, 2.05) is 24.3 Å². The van der Waals surface area contributed by atoms with Gasteiger partial charge in [-0.1, -0.05) is 54.8 Å². The number of nitrogens with zero attached hydrogens (tertiary/aromatic N) is 1. The Morgan fingerprint density at radius 1 is 1.29 bits per heavy atom. The third-order valence-corrected chi connectivity index (χ3v) is 5.35. The van der Waals surface area contributed by atoms with Gasteiger partial charge in [-0.3, -0.25) is 9.69 Å². The molecule has 1 aliphatic heterocycles. The largest absolute Gasteiger partial charge is 0.490 e. The van der Waals surface area contributed by atoms with E-state index in [9.17, 15) is 14.7 Å². The van der Waals surface area contributed by atoms with Crippen LogP contribution in [0.4, 0.5) is 5.69 Å². The first kappa shape index (κ1) is 19.9. The van der Waals surface area contributed by atoms with E-state index in [4.69, 9.17) is 17.0 Å². The van der Waals surface area contributed by atoms with E-state index in [1.54, 1.807) is 31.2 Å². The van der Waals surface area contributed by atoms with E-state index >= 15 is 0 Å². The lowest BCUT2D eigenvalue weighted by atomic mass is 10.1. The van der Waals surface area contributed by atoms with Crippen LogP contribution in [-0.2, 0) is 4.79 Å². The second-order valence-corrected chi connectivity index (χ2v) is 7.67. The lowest BCUT2D eigenvalue weighted by Crippen LogP contribution is -2.27. The minimum absolute atomic E-state index is 0.144. The maximum Gasteiger partial charge on any atom is 0.336 e. The minimum Gasteiger partial charge on any atom is -0.490 e. The first-order valence-corrected chi connectivity index (χ1v) is 9.59. The van der Waals surface area contributed by atoms with Crippen molar-refractivity contribution in [2.75, 3.05) is 11.5 Å². The molecule has 0 aromatic heterocycles. The number of anilines is 1. The van der Waals surface area contributed by atoms with Crippen LogP contribution in [0.2, 0.25) is 0 Å². The summed E-state index contributed by atoms with van der Waals surface area (Å²) in [5, 5.41) is 9.32. The fourth-order valence-corrected chi connectivity index (χ4v) is 3.94. The number of benzene rings is 2. The maximum absolute atomic E-state index is 12.9. The minimum atomic E-state index is -1.04. The number of carbonyl (C=O) groups excluding carboxylic acids is 1. The highest BCUT2D eigenvalue weighted by Crippen LogP contribution is 2.36. The molecule has 2 aromatic carbocycles. The first-order valence-electron chi connectivity index (χ1n) is 8.36. The predicted octanol–water partition coefficient (Wildman–Crippen LogP) is 4.66. The summed E-state index contributed by atoms with van der Waals surface area (Å²) in [6.07, 6.45) is 3.42. The van der Waals surface area contributed by atoms with Gasteiger partial charge in [-0.25, -0.2) is 4.79 Å². The summed E-state index contributed by atoms with van der Waals surface area (Å²) in [5.74, 6) is -0.605. The van der Waals surface area contributed by atoms with Gasteiger partial charge in [0.05, 0.1) is 16.2 Å². The maximum atomic E-state index is 12.9. The van der Waals surface area contributed by atoms with Crippen LogP contribution in [0, 0.1) is 6.92 Å². The topological polar surface area (TPSA) is 66.8 Å².